The van der Waals surface area contributed by atoms with Gasteiger partial charge in [0.15, 0.2) is 11.5 Å². The molecule has 88 valence electrons. The van der Waals surface area contributed by atoms with Crippen molar-refractivity contribution in [1.29, 1.82) is 0 Å². The summed E-state index contributed by atoms with van der Waals surface area (Å²) in [5.41, 5.74) is 0.828. The van der Waals surface area contributed by atoms with Crippen molar-refractivity contribution in [3.8, 4) is 11.5 Å². The van der Waals surface area contributed by atoms with E-state index in [2.05, 4.69) is 5.32 Å². The van der Waals surface area contributed by atoms with Crippen molar-refractivity contribution in [3.63, 3.8) is 0 Å². The highest BCUT2D eigenvalue weighted by atomic mass is 16.5. The van der Waals surface area contributed by atoms with E-state index in [0.29, 0.717) is 5.75 Å². The van der Waals surface area contributed by atoms with Gasteiger partial charge in [0, 0.05) is 6.54 Å². The van der Waals surface area contributed by atoms with Crippen molar-refractivity contribution in [2.45, 2.75) is 19.1 Å². The van der Waals surface area contributed by atoms with Crippen LogP contribution in [0.3, 0.4) is 0 Å². The third kappa shape index (κ3) is 2.46. The minimum absolute atomic E-state index is 0.0155. The molecule has 1 heterocycles. The molecule has 1 saturated heterocycles. The normalized spacial score (nSPS) is 19.8. The van der Waals surface area contributed by atoms with Crippen LogP contribution in [0.5, 0.6) is 11.5 Å². The van der Waals surface area contributed by atoms with Gasteiger partial charge in [0.25, 0.3) is 0 Å². The Bertz CT molecular complexity index is 348. The van der Waals surface area contributed by atoms with Gasteiger partial charge >= 0.3 is 0 Å². The molecule has 0 saturated carbocycles. The van der Waals surface area contributed by atoms with E-state index < -0.39 is 0 Å². The fourth-order valence-electron chi connectivity index (χ4n) is 1.82. The lowest BCUT2D eigenvalue weighted by Gasteiger charge is -2.15. The van der Waals surface area contributed by atoms with E-state index in [1.54, 1.807) is 13.2 Å². The summed E-state index contributed by atoms with van der Waals surface area (Å²) in [6.07, 6.45) is 1.24. The highest BCUT2D eigenvalue weighted by molar-refractivity contribution is 5.43. The summed E-state index contributed by atoms with van der Waals surface area (Å²) < 4.78 is 11.1. The lowest BCUT2D eigenvalue weighted by molar-refractivity contribution is 0.212. The van der Waals surface area contributed by atoms with Crippen molar-refractivity contribution >= 4 is 0 Å². The molecule has 1 atom stereocenters. The van der Waals surface area contributed by atoms with Gasteiger partial charge in [-0.25, -0.2) is 0 Å². The van der Waals surface area contributed by atoms with Gasteiger partial charge in [-0.2, -0.15) is 0 Å². The first kappa shape index (κ1) is 11.2. The molecule has 0 bridgehead atoms. The molecule has 4 heteroatoms. The Morgan fingerprint density at radius 1 is 1.44 bits per heavy atom. The molecule has 16 heavy (non-hydrogen) atoms. The van der Waals surface area contributed by atoms with Crippen LogP contribution in [0.25, 0.3) is 0 Å². The minimum atomic E-state index is 0.0155. The molecule has 0 aromatic heterocycles. The number of methoxy groups -OCH3 is 1. The Balaban J connectivity index is 2.12. The van der Waals surface area contributed by atoms with Crippen LogP contribution in [0, 0.1) is 0 Å². The summed E-state index contributed by atoms with van der Waals surface area (Å²) in [5, 5.41) is 12.3. The Morgan fingerprint density at radius 2 is 2.31 bits per heavy atom. The van der Waals surface area contributed by atoms with Crippen molar-refractivity contribution in [1.82, 2.24) is 5.32 Å². The van der Waals surface area contributed by atoms with Gasteiger partial charge in [-0.3, -0.25) is 0 Å². The summed E-state index contributed by atoms with van der Waals surface area (Å²) in [7, 11) is 1.61. The van der Waals surface area contributed by atoms with Gasteiger partial charge in [-0.05, 0) is 30.7 Å². The molecule has 1 aliphatic rings. The molecule has 0 amide bonds. The van der Waals surface area contributed by atoms with Gasteiger partial charge in [-0.1, -0.05) is 6.07 Å². The van der Waals surface area contributed by atoms with Crippen LogP contribution in [0.15, 0.2) is 18.2 Å². The SMILES string of the molecule is COc1cc(CO)ccc1O[C@H]1CCNC1. The molecule has 1 fully saturated rings. The quantitative estimate of drug-likeness (QED) is 0.797. The first-order valence-corrected chi connectivity index (χ1v) is 5.48. The number of hydrogen-bond acceptors (Lipinski definition) is 4. The fourth-order valence-corrected chi connectivity index (χ4v) is 1.82. The molecule has 0 radical (unpaired) electrons. The highest BCUT2D eigenvalue weighted by Gasteiger charge is 2.17. The zero-order valence-electron chi connectivity index (χ0n) is 9.40. The van der Waals surface area contributed by atoms with E-state index in [1.165, 1.54) is 0 Å². The average Bonchev–Trinajstić information content (AvgIpc) is 2.82. The number of aliphatic hydroxyl groups excluding tert-OH is 1. The van der Waals surface area contributed by atoms with Crippen LogP contribution in [-0.2, 0) is 6.61 Å². The molecule has 4 nitrogen and oxygen atoms in total. The second-order valence-corrected chi connectivity index (χ2v) is 3.88. The lowest BCUT2D eigenvalue weighted by atomic mass is 10.2. The van der Waals surface area contributed by atoms with Gasteiger partial charge in [0.05, 0.1) is 13.7 Å². The van der Waals surface area contributed by atoms with Gasteiger partial charge < -0.3 is 19.9 Å². The van der Waals surface area contributed by atoms with Crippen LogP contribution < -0.4 is 14.8 Å². The summed E-state index contributed by atoms with van der Waals surface area (Å²) in [4.78, 5) is 0. The Labute approximate surface area is 95.2 Å². The molecule has 0 unspecified atom stereocenters. The molecule has 1 aromatic rings. The number of aliphatic hydroxyl groups is 1. The van der Waals surface area contributed by atoms with Crippen molar-refractivity contribution in [2.24, 2.45) is 0 Å². The number of benzene rings is 1. The molecule has 0 aliphatic carbocycles. The average molecular weight is 223 g/mol. The first-order chi connectivity index (χ1) is 7.83. The van der Waals surface area contributed by atoms with E-state index in [0.717, 1.165) is 30.8 Å². The standard InChI is InChI=1S/C12H17NO3/c1-15-12-6-9(8-14)2-3-11(12)16-10-4-5-13-7-10/h2-3,6,10,13-14H,4-5,7-8H2,1H3/t10-/m0/s1. The van der Waals surface area contributed by atoms with E-state index in [9.17, 15) is 0 Å². The maximum atomic E-state index is 9.03. The maximum Gasteiger partial charge on any atom is 0.161 e. The molecular formula is C12H17NO3. The van der Waals surface area contributed by atoms with Crippen molar-refractivity contribution in [3.05, 3.63) is 23.8 Å². The predicted molar refractivity (Wildman–Crippen MR) is 60.8 cm³/mol. The fraction of sp³-hybridized carbons (Fsp3) is 0.500. The Kier molecular flexibility index (Phi) is 3.64. The number of hydrogen-bond donors (Lipinski definition) is 2. The van der Waals surface area contributed by atoms with E-state index >= 15 is 0 Å². The smallest absolute Gasteiger partial charge is 0.161 e. The minimum Gasteiger partial charge on any atom is -0.493 e. The van der Waals surface area contributed by atoms with Crippen LogP contribution in [0.4, 0.5) is 0 Å². The monoisotopic (exact) mass is 223 g/mol. The Morgan fingerprint density at radius 3 is 2.94 bits per heavy atom. The van der Waals surface area contributed by atoms with Crippen molar-refractivity contribution in [2.75, 3.05) is 20.2 Å². The van der Waals surface area contributed by atoms with Crippen LogP contribution in [0.2, 0.25) is 0 Å². The third-order valence-electron chi connectivity index (χ3n) is 2.72. The van der Waals surface area contributed by atoms with E-state index in [-0.39, 0.29) is 12.7 Å². The summed E-state index contributed by atoms with van der Waals surface area (Å²) >= 11 is 0. The molecule has 1 aliphatic heterocycles. The zero-order valence-corrected chi connectivity index (χ0v) is 9.40. The first-order valence-electron chi connectivity index (χ1n) is 5.48. The molecule has 1 aromatic carbocycles. The van der Waals surface area contributed by atoms with Crippen molar-refractivity contribution < 1.29 is 14.6 Å². The molecule has 2 N–H and O–H groups in total. The predicted octanol–water partition coefficient (Wildman–Crippen LogP) is 0.928. The number of rotatable bonds is 4. The van der Waals surface area contributed by atoms with Crippen LogP contribution in [-0.4, -0.2) is 31.4 Å². The summed E-state index contributed by atoms with van der Waals surface area (Å²) in [5.74, 6) is 1.42. The van der Waals surface area contributed by atoms with E-state index in [1.807, 2.05) is 12.1 Å². The Hall–Kier alpha value is -1.26. The summed E-state index contributed by atoms with van der Waals surface area (Å²) in [6.45, 7) is 1.90. The molecule has 0 spiro atoms. The van der Waals surface area contributed by atoms with Gasteiger partial charge in [-0.15, -0.1) is 0 Å². The largest absolute Gasteiger partial charge is 0.493 e. The lowest BCUT2D eigenvalue weighted by Crippen LogP contribution is -2.19. The third-order valence-corrected chi connectivity index (χ3v) is 2.72. The second kappa shape index (κ2) is 5.18. The zero-order chi connectivity index (χ0) is 11.4. The topological polar surface area (TPSA) is 50.7 Å². The molecular weight excluding hydrogens is 206 g/mol. The second-order valence-electron chi connectivity index (χ2n) is 3.88. The highest BCUT2D eigenvalue weighted by Crippen LogP contribution is 2.29. The number of ether oxygens (including phenoxy) is 2. The molecule has 2 rings (SSSR count). The number of nitrogens with one attached hydrogen (secondary N) is 1. The van der Waals surface area contributed by atoms with Crippen LogP contribution in [0.1, 0.15) is 12.0 Å². The summed E-state index contributed by atoms with van der Waals surface area (Å²) in [6, 6.07) is 5.50. The van der Waals surface area contributed by atoms with E-state index in [4.69, 9.17) is 14.6 Å². The maximum absolute atomic E-state index is 9.03. The van der Waals surface area contributed by atoms with Gasteiger partial charge in [0.2, 0.25) is 0 Å². The van der Waals surface area contributed by atoms with Crippen LogP contribution >= 0.6 is 0 Å². The van der Waals surface area contributed by atoms with Gasteiger partial charge in [0.1, 0.15) is 6.10 Å².